The van der Waals surface area contributed by atoms with Crippen molar-refractivity contribution in [1.29, 1.82) is 0 Å². The molecule has 2 aromatic rings. The van der Waals surface area contributed by atoms with Gasteiger partial charge in [-0.25, -0.2) is 0 Å². The summed E-state index contributed by atoms with van der Waals surface area (Å²) in [4.78, 5) is 1.10. The Morgan fingerprint density at radius 1 is 1.25 bits per heavy atom. The summed E-state index contributed by atoms with van der Waals surface area (Å²) in [5, 5.41) is 3.27. The summed E-state index contributed by atoms with van der Waals surface area (Å²) in [6.45, 7) is -0.372. The first-order valence-electron chi connectivity index (χ1n) is 6.07. The van der Waals surface area contributed by atoms with Crippen LogP contribution in [0.5, 0.6) is 5.75 Å². The van der Waals surface area contributed by atoms with Crippen LogP contribution < -0.4 is 10.1 Å². The summed E-state index contributed by atoms with van der Waals surface area (Å²) in [5.41, 5.74) is 0.697. The lowest BCUT2D eigenvalue weighted by molar-refractivity contribution is -0.0505. The van der Waals surface area contributed by atoms with E-state index in [0.29, 0.717) is 12.1 Å². The van der Waals surface area contributed by atoms with Crippen LogP contribution in [0, 0.1) is 0 Å². The maximum atomic E-state index is 12.3. The van der Waals surface area contributed by atoms with Crippen molar-refractivity contribution in [3.8, 4) is 5.75 Å². The minimum atomic E-state index is -2.82. The van der Waals surface area contributed by atoms with E-state index in [2.05, 4.69) is 10.1 Å². The van der Waals surface area contributed by atoms with Crippen molar-refractivity contribution in [3.63, 3.8) is 0 Å². The van der Waals surface area contributed by atoms with Gasteiger partial charge in [-0.1, -0.05) is 29.8 Å². The van der Waals surface area contributed by atoms with Gasteiger partial charge in [-0.15, -0.1) is 11.3 Å². The van der Waals surface area contributed by atoms with E-state index in [4.69, 9.17) is 11.6 Å². The van der Waals surface area contributed by atoms with Gasteiger partial charge < -0.3 is 10.1 Å². The van der Waals surface area contributed by atoms with E-state index in [-0.39, 0.29) is 11.8 Å². The molecular weight excluding hydrogens is 304 g/mol. The lowest BCUT2D eigenvalue weighted by Crippen LogP contribution is -2.18. The minimum Gasteiger partial charge on any atom is -0.434 e. The maximum absolute atomic E-state index is 12.3. The van der Waals surface area contributed by atoms with Gasteiger partial charge >= 0.3 is 6.61 Å². The SMILES string of the molecule is CC(NCc1ccccc1OC(F)F)c1ccc(Cl)s1. The van der Waals surface area contributed by atoms with Crippen LogP contribution in [0.3, 0.4) is 0 Å². The fourth-order valence-electron chi connectivity index (χ4n) is 1.79. The Balaban J connectivity index is 2.00. The molecule has 0 aliphatic heterocycles. The summed E-state index contributed by atoms with van der Waals surface area (Å²) >= 11 is 7.39. The summed E-state index contributed by atoms with van der Waals surface area (Å²) in [6.07, 6.45) is 0. The van der Waals surface area contributed by atoms with Crippen LogP contribution in [-0.2, 0) is 6.54 Å². The number of rotatable bonds is 6. The van der Waals surface area contributed by atoms with Crippen LogP contribution in [-0.4, -0.2) is 6.61 Å². The lowest BCUT2D eigenvalue weighted by atomic mass is 10.2. The van der Waals surface area contributed by atoms with E-state index in [9.17, 15) is 8.78 Å². The maximum Gasteiger partial charge on any atom is 0.387 e. The normalized spacial score (nSPS) is 12.7. The van der Waals surface area contributed by atoms with Crippen LogP contribution >= 0.6 is 22.9 Å². The quantitative estimate of drug-likeness (QED) is 0.822. The molecule has 2 rings (SSSR count). The highest BCUT2D eigenvalue weighted by Gasteiger charge is 2.11. The molecule has 0 bridgehead atoms. The molecule has 0 spiro atoms. The molecule has 1 aromatic carbocycles. The van der Waals surface area contributed by atoms with Gasteiger partial charge in [0.15, 0.2) is 0 Å². The molecule has 108 valence electrons. The largest absolute Gasteiger partial charge is 0.434 e. The monoisotopic (exact) mass is 317 g/mol. The summed E-state index contributed by atoms with van der Waals surface area (Å²) in [6, 6.07) is 10.6. The number of alkyl halides is 2. The van der Waals surface area contributed by atoms with E-state index in [0.717, 1.165) is 9.21 Å². The predicted molar refractivity (Wildman–Crippen MR) is 77.7 cm³/mol. The third-order valence-electron chi connectivity index (χ3n) is 2.81. The van der Waals surface area contributed by atoms with E-state index >= 15 is 0 Å². The molecule has 0 aliphatic carbocycles. The van der Waals surface area contributed by atoms with Gasteiger partial charge in [0.25, 0.3) is 0 Å². The molecule has 0 amide bonds. The molecule has 0 radical (unpaired) electrons. The van der Waals surface area contributed by atoms with Crippen molar-refractivity contribution in [1.82, 2.24) is 5.32 Å². The number of para-hydroxylation sites is 1. The van der Waals surface area contributed by atoms with Crippen molar-refractivity contribution >= 4 is 22.9 Å². The van der Waals surface area contributed by atoms with Crippen LogP contribution in [0.1, 0.15) is 23.4 Å². The molecule has 1 heterocycles. The highest BCUT2D eigenvalue weighted by molar-refractivity contribution is 7.16. The van der Waals surface area contributed by atoms with Crippen LogP contribution in [0.2, 0.25) is 4.34 Å². The van der Waals surface area contributed by atoms with Crippen molar-refractivity contribution in [2.45, 2.75) is 26.1 Å². The zero-order valence-electron chi connectivity index (χ0n) is 10.8. The Morgan fingerprint density at radius 3 is 2.65 bits per heavy atom. The summed E-state index contributed by atoms with van der Waals surface area (Å²) < 4.78 is 29.9. The van der Waals surface area contributed by atoms with E-state index in [1.807, 2.05) is 19.1 Å². The predicted octanol–water partition coefficient (Wildman–Crippen LogP) is 4.85. The first-order valence-corrected chi connectivity index (χ1v) is 7.27. The van der Waals surface area contributed by atoms with Gasteiger partial charge in [0.05, 0.1) is 4.34 Å². The number of halogens is 3. The van der Waals surface area contributed by atoms with E-state index < -0.39 is 6.61 Å². The lowest BCUT2D eigenvalue weighted by Gasteiger charge is -2.15. The van der Waals surface area contributed by atoms with Gasteiger partial charge in [-0.3, -0.25) is 0 Å². The second kappa shape index (κ2) is 7.02. The third-order valence-corrected chi connectivity index (χ3v) is 4.22. The van der Waals surface area contributed by atoms with Crippen molar-refractivity contribution in [2.24, 2.45) is 0 Å². The molecule has 6 heteroatoms. The first-order chi connectivity index (χ1) is 9.56. The molecule has 20 heavy (non-hydrogen) atoms. The van der Waals surface area contributed by atoms with Crippen molar-refractivity contribution < 1.29 is 13.5 Å². The molecule has 1 aromatic heterocycles. The fraction of sp³-hybridized carbons (Fsp3) is 0.286. The Hall–Kier alpha value is -1.17. The molecule has 1 N–H and O–H groups in total. The standard InChI is InChI=1S/C14H14ClF2NOS/c1-9(12-6-7-13(15)20-12)18-8-10-4-2-3-5-11(10)19-14(16)17/h2-7,9,14,18H,8H2,1H3. The second-order valence-electron chi connectivity index (χ2n) is 4.23. The van der Waals surface area contributed by atoms with Crippen LogP contribution in [0.15, 0.2) is 36.4 Å². The average molecular weight is 318 g/mol. The molecule has 2 nitrogen and oxygen atoms in total. The Bertz CT molecular complexity index is 562. The van der Waals surface area contributed by atoms with Gasteiger partial charge in [-0.05, 0) is 25.1 Å². The Kier molecular flexibility index (Phi) is 5.34. The number of ether oxygens (including phenoxy) is 1. The molecular formula is C14H14ClF2NOS. The molecule has 0 fully saturated rings. The Labute approximate surface area is 125 Å². The summed E-state index contributed by atoms with van der Waals surface area (Å²) in [5.74, 6) is 0.200. The Morgan fingerprint density at radius 2 is 2.00 bits per heavy atom. The first kappa shape index (κ1) is 15.2. The summed E-state index contributed by atoms with van der Waals surface area (Å²) in [7, 11) is 0. The average Bonchev–Trinajstić information content (AvgIpc) is 2.83. The fourth-order valence-corrected chi connectivity index (χ4v) is 2.87. The molecule has 1 unspecified atom stereocenters. The zero-order chi connectivity index (χ0) is 14.5. The van der Waals surface area contributed by atoms with Gasteiger partial charge in [0, 0.05) is 23.0 Å². The number of nitrogens with one attached hydrogen (secondary N) is 1. The molecule has 0 aliphatic rings. The number of benzene rings is 1. The highest BCUT2D eigenvalue weighted by atomic mass is 35.5. The molecule has 0 saturated heterocycles. The van der Waals surface area contributed by atoms with Gasteiger partial charge in [0.1, 0.15) is 5.75 Å². The van der Waals surface area contributed by atoms with Crippen molar-refractivity contribution in [3.05, 3.63) is 51.2 Å². The minimum absolute atomic E-state index is 0.0899. The van der Waals surface area contributed by atoms with E-state index in [1.165, 1.54) is 17.4 Å². The van der Waals surface area contributed by atoms with Gasteiger partial charge in [-0.2, -0.15) is 8.78 Å². The number of thiophene rings is 1. The topological polar surface area (TPSA) is 21.3 Å². The third kappa shape index (κ3) is 4.16. The van der Waals surface area contributed by atoms with Crippen molar-refractivity contribution in [2.75, 3.05) is 0 Å². The smallest absolute Gasteiger partial charge is 0.387 e. The number of hydrogen-bond donors (Lipinski definition) is 1. The second-order valence-corrected chi connectivity index (χ2v) is 5.98. The molecule has 0 saturated carbocycles. The van der Waals surface area contributed by atoms with Gasteiger partial charge in [0.2, 0.25) is 0 Å². The number of hydrogen-bond acceptors (Lipinski definition) is 3. The van der Waals surface area contributed by atoms with Crippen LogP contribution in [0.25, 0.3) is 0 Å². The molecule has 1 atom stereocenters. The van der Waals surface area contributed by atoms with Crippen LogP contribution in [0.4, 0.5) is 8.78 Å². The highest BCUT2D eigenvalue weighted by Crippen LogP contribution is 2.27. The van der Waals surface area contributed by atoms with E-state index in [1.54, 1.807) is 18.2 Å². The zero-order valence-corrected chi connectivity index (χ0v) is 12.3.